The van der Waals surface area contributed by atoms with Crippen LogP contribution in [0.4, 0.5) is 4.79 Å². The lowest BCUT2D eigenvalue weighted by Crippen LogP contribution is -2.45. The minimum Gasteiger partial charge on any atom is -0.336 e. The zero-order valence-corrected chi connectivity index (χ0v) is 11.2. The van der Waals surface area contributed by atoms with Crippen molar-refractivity contribution < 1.29 is 9.59 Å². The number of urea groups is 1. The zero-order chi connectivity index (χ0) is 13.0. The second-order valence-corrected chi connectivity index (χ2v) is 5.31. The van der Waals surface area contributed by atoms with E-state index in [0.717, 1.165) is 39.1 Å². The Bertz CT molecular complexity index is 319. The lowest BCUT2D eigenvalue weighted by Gasteiger charge is -2.36. The highest BCUT2D eigenvalue weighted by atomic mass is 16.2. The first kappa shape index (κ1) is 13.3. The molecule has 0 saturated carbocycles. The van der Waals surface area contributed by atoms with Gasteiger partial charge in [0.2, 0.25) is 0 Å². The van der Waals surface area contributed by atoms with Gasteiger partial charge in [0.15, 0.2) is 0 Å². The maximum absolute atomic E-state index is 11.4. The van der Waals surface area contributed by atoms with Gasteiger partial charge in [0.05, 0.1) is 0 Å². The van der Waals surface area contributed by atoms with E-state index in [1.165, 1.54) is 12.8 Å². The van der Waals surface area contributed by atoms with E-state index in [-0.39, 0.29) is 11.8 Å². The van der Waals surface area contributed by atoms with Crippen molar-refractivity contribution in [2.45, 2.75) is 38.6 Å². The highest BCUT2D eigenvalue weighted by Gasteiger charge is 2.25. The highest BCUT2D eigenvalue weighted by Crippen LogP contribution is 2.19. The molecule has 1 atom stereocenters. The molecule has 5 heteroatoms. The summed E-state index contributed by atoms with van der Waals surface area (Å²) in [6.07, 6.45) is 4.21. The Labute approximate surface area is 108 Å². The number of nitrogens with one attached hydrogen (secondary N) is 1. The van der Waals surface area contributed by atoms with Crippen LogP contribution in [-0.2, 0) is 4.79 Å². The van der Waals surface area contributed by atoms with E-state index in [9.17, 15) is 9.59 Å². The Morgan fingerprint density at radius 1 is 1.33 bits per heavy atom. The van der Waals surface area contributed by atoms with Gasteiger partial charge >= 0.3 is 6.03 Å². The first-order valence-electron chi connectivity index (χ1n) is 6.93. The molecule has 2 fully saturated rings. The van der Waals surface area contributed by atoms with Crippen molar-refractivity contribution in [1.29, 1.82) is 0 Å². The van der Waals surface area contributed by atoms with Gasteiger partial charge in [0.25, 0.3) is 0 Å². The third-order valence-electron chi connectivity index (χ3n) is 3.87. The van der Waals surface area contributed by atoms with Gasteiger partial charge in [-0.05, 0) is 26.3 Å². The van der Waals surface area contributed by atoms with E-state index in [1.807, 2.05) is 4.90 Å². The van der Waals surface area contributed by atoms with Crippen molar-refractivity contribution in [2.24, 2.45) is 0 Å². The minimum atomic E-state index is 0.0510. The summed E-state index contributed by atoms with van der Waals surface area (Å²) in [4.78, 5) is 27.0. The van der Waals surface area contributed by atoms with Gasteiger partial charge in [-0.25, -0.2) is 4.79 Å². The molecule has 2 aliphatic rings. The lowest BCUT2D eigenvalue weighted by atomic mass is 9.98. The predicted octanol–water partition coefficient (Wildman–Crippen LogP) is 0.845. The molecule has 0 aromatic carbocycles. The number of piperidine rings is 1. The molecule has 5 nitrogen and oxygen atoms in total. The molecule has 1 N–H and O–H groups in total. The molecular weight excluding hydrogens is 230 g/mol. The van der Waals surface area contributed by atoms with E-state index < -0.39 is 0 Å². The number of hydrogen-bond donors (Lipinski definition) is 1. The number of carbonyl (C=O) groups excluding carboxylic acids is 2. The molecule has 2 saturated heterocycles. The van der Waals surface area contributed by atoms with Crippen molar-refractivity contribution >= 4 is 11.8 Å². The maximum Gasteiger partial charge on any atom is 0.317 e. The Morgan fingerprint density at radius 2 is 2.17 bits per heavy atom. The van der Waals surface area contributed by atoms with Gasteiger partial charge in [0.1, 0.15) is 5.78 Å². The highest BCUT2D eigenvalue weighted by molar-refractivity contribution is 5.76. The smallest absolute Gasteiger partial charge is 0.317 e. The molecule has 0 aromatic rings. The van der Waals surface area contributed by atoms with Crippen LogP contribution >= 0.6 is 0 Å². The van der Waals surface area contributed by atoms with E-state index >= 15 is 0 Å². The minimum absolute atomic E-state index is 0.0510. The van der Waals surface area contributed by atoms with Crippen LogP contribution in [0.25, 0.3) is 0 Å². The molecule has 1 unspecified atom stereocenters. The van der Waals surface area contributed by atoms with Crippen LogP contribution in [0.3, 0.4) is 0 Å². The van der Waals surface area contributed by atoms with Crippen LogP contribution in [0.2, 0.25) is 0 Å². The molecule has 0 spiro atoms. The molecule has 0 bridgehead atoms. The second-order valence-electron chi connectivity index (χ2n) is 5.31. The fourth-order valence-corrected chi connectivity index (χ4v) is 2.89. The van der Waals surface area contributed by atoms with E-state index in [2.05, 4.69) is 10.2 Å². The van der Waals surface area contributed by atoms with Gasteiger partial charge in [-0.3, -0.25) is 9.69 Å². The fourth-order valence-electron chi connectivity index (χ4n) is 2.89. The normalized spacial score (nSPS) is 25.3. The number of rotatable bonds is 5. The maximum atomic E-state index is 11.4. The summed E-state index contributed by atoms with van der Waals surface area (Å²) in [6, 6.07) is 0.442. The summed E-state index contributed by atoms with van der Waals surface area (Å²) in [7, 11) is 0. The summed E-state index contributed by atoms with van der Waals surface area (Å²) in [5.41, 5.74) is 0. The monoisotopic (exact) mass is 253 g/mol. The summed E-state index contributed by atoms with van der Waals surface area (Å²) in [5, 5.41) is 2.82. The van der Waals surface area contributed by atoms with Gasteiger partial charge in [-0.1, -0.05) is 6.42 Å². The van der Waals surface area contributed by atoms with Crippen LogP contribution in [0, 0.1) is 0 Å². The number of ketones is 1. The molecule has 2 rings (SSSR count). The Balaban J connectivity index is 1.81. The number of amides is 2. The van der Waals surface area contributed by atoms with Crippen molar-refractivity contribution in [3.63, 3.8) is 0 Å². The molecule has 2 aliphatic heterocycles. The summed E-state index contributed by atoms with van der Waals surface area (Å²) in [5.74, 6) is 0.269. The first-order valence-corrected chi connectivity index (χ1v) is 6.93. The Hall–Kier alpha value is -1.10. The van der Waals surface area contributed by atoms with E-state index in [4.69, 9.17) is 0 Å². The summed E-state index contributed by atoms with van der Waals surface area (Å²) in [6.45, 7) is 5.97. The predicted molar refractivity (Wildman–Crippen MR) is 69.5 cm³/mol. The molecule has 0 aromatic heterocycles. The molecule has 2 amide bonds. The molecular formula is C13H23N3O2. The topological polar surface area (TPSA) is 52.7 Å². The molecule has 18 heavy (non-hydrogen) atoms. The lowest BCUT2D eigenvalue weighted by molar-refractivity contribution is -0.118. The molecule has 0 aliphatic carbocycles. The third-order valence-corrected chi connectivity index (χ3v) is 3.87. The fraction of sp³-hybridized carbons (Fsp3) is 0.846. The third kappa shape index (κ3) is 3.45. The van der Waals surface area contributed by atoms with Crippen molar-refractivity contribution in [2.75, 3.05) is 32.7 Å². The quantitative estimate of drug-likeness (QED) is 0.790. The number of Topliss-reactive ketones (excluding diaryl/α,β-unsaturated/α-hetero) is 1. The van der Waals surface area contributed by atoms with E-state index in [0.29, 0.717) is 12.5 Å². The number of carbonyl (C=O) groups is 2. The standard InChI is InChI=1S/C13H23N3O2/c1-11(17)10-12-4-2-3-6-15(12)8-9-16-7-5-14-13(16)18/h12H,2-10H2,1H3,(H,14,18). The zero-order valence-electron chi connectivity index (χ0n) is 11.2. The Kier molecular flexibility index (Phi) is 4.58. The molecule has 2 heterocycles. The van der Waals surface area contributed by atoms with E-state index in [1.54, 1.807) is 6.92 Å². The first-order chi connectivity index (χ1) is 8.66. The van der Waals surface area contributed by atoms with Gasteiger partial charge in [-0.2, -0.15) is 0 Å². The largest absolute Gasteiger partial charge is 0.336 e. The van der Waals surface area contributed by atoms with Crippen LogP contribution in [0.1, 0.15) is 32.6 Å². The summed E-state index contributed by atoms with van der Waals surface area (Å²) >= 11 is 0. The second kappa shape index (κ2) is 6.18. The van der Waals surface area contributed by atoms with Crippen LogP contribution < -0.4 is 5.32 Å². The molecule has 102 valence electrons. The average molecular weight is 253 g/mol. The average Bonchev–Trinajstić information content (AvgIpc) is 2.73. The number of likely N-dealkylation sites (tertiary alicyclic amines) is 1. The SMILES string of the molecule is CC(=O)CC1CCCCN1CCN1CCNC1=O. The van der Waals surface area contributed by atoms with Crippen molar-refractivity contribution in [1.82, 2.24) is 15.1 Å². The van der Waals surface area contributed by atoms with Crippen molar-refractivity contribution in [3.8, 4) is 0 Å². The number of nitrogens with zero attached hydrogens (tertiary/aromatic N) is 2. The Morgan fingerprint density at radius 3 is 2.83 bits per heavy atom. The van der Waals surface area contributed by atoms with Crippen LogP contribution in [0.15, 0.2) is 0 Å². The van der Waals surface area contributed by atoms with Crippen LogP contribution in [0.5, 0.6) is 0 Å². The van der Waals surface area contributed by atoms with Crippen LogP contribution in [-0.4, -0.2) is 60.4 Å². The molecule has 0 radical (unpaired) electrons. The summed E-state index contributed by atoms with van der Waals surface area (Å²) < 4.78 is 0. The van der Waals surface area contributed by atoms with Gasteiger partial charge in [-0.15, -0.1) is 0 Å². The number of hydrogen-bond acceptors (Lipinski definition) is 3. The van der Waals surface area contributed by atoms with Crippen molar-refractivity contribution in [3.05, 3.63) is 0 Å². The van der Waals surface area contributed by atoms with Gasteiger partial charge in [0, 0.05) is 38.6 Å². The van der Waals surface area contributed by atoms with Gasteiger partial charge < -0.3 is 10.2 Å².